The molecule has 0 bridgehead atoms. The van der Waals surface area contributed by atoms with Crippen LogP contribution in [0.15, 0.2) is 72.8 Å². The first-order valence-electron chi connectivity index (χ1n) is 11.6. The van der Waals surface area contributed by atoms with Crippen LogP contribution in [-0.2, 0) is 16.1 Å². The summed E-state index contributed by atoms with van der Waals surface area (Å²) in [7, 11) is 0. The molecule has 0 saturated heterocycles. The molecule has 3 aromatic carbocycles. The van der Waals surface area contributed by atoms with Crippen molar-refractivity contribution in [2.75, 3.05) is 5.32 Å². The molecule has 34 heavy (non-hydrogen) atoms. The maximum atomic E-state index is 13.8. The number of aryl methyl sites for hydroxylation is 2. The van der Waals surface area contributed by atoms with Gasteiger partial charge in [-0.05, 0) is 61.7 Å². The topological polar surface area (TPSA) is 67.2 Å². The molecule has 0 fully saturated rings. The van der Waals surface area contributed by atoms with Crippen molar-refractivity contribution < 1.29 is 9.59 Å². The lowest BCUT2D eigenvalue weighted by Gasteiger charge is -2.38. The van der Waals surface area contributed by atoms with Crippen LogP contribution in [0.3, 0.4) is 0 Å². The van der Waals surface area contributed by atoms with Crippen LogP contribution in [-0.4, -0.2) is 26.3 Å². The second-order valence-corrected chi connectivity index (χ2v) is 9.10. The summed E-state index contributed by atoms with van der Waals surface area (Å²) in [5.74, 6) is 0.546. The van der Waals surface area contributed by atoms with E-state index in [9.17, 15) is 9.59 Å². The molecule has 0 aliphatic carbocycles. The minimum absolute atomic E-state index is 0.0389. The molecule has 0 saturated carbocycles. The minimum Gasteiger partial charge on any atom is -0.327 e. The van der Waals surface area contributed by atoms with Gasteiger partial charge in [0.05, 0.1) is 23.5 Å². The number of nitrogens with zero attached hydrogens (tertiary/aromatic N) is 3. The summed E-state index contributed by atoms with van der Waals surface area (Å²) in [6.45, 7) is 6.48. The SMILES string of the molecule is Cc1cc(C)cc(NC(=O)C[C@H]2C(=O)N(Cc3ccccc3)[C@@H](C)c3nc4ccccc4n32)c1. The fourth-order valence-electron chi connectivity index (χ4n) is 4.93. The Bertz CT molecular complexity index is 1360. The Morgan fingerprint density at radius 1 is 0.971 bits per heavy atom. The highest BCUT2D eigenvalue weighted by Gasteiger charge is 2.40. The van der Waals surface area contributed by atoms with Gasteiger partial charge in [-0.3, -0.25) is 9.59 Å². The number of carbonyl (C=O) groups is 2. The molecule has 5 rings (SSSR count). The first kappa shape index (κ1) is 21.9. The number of fused-ring (bicyclic) bond motifs is 3. The lowest BCUT2D eigenvalue weighted by atomic mass is 10.0. The Labute approximate surface area is 199 Å². The predicted molar refractivity (Wildman–Crippen MR) is 133 cm³/mol. The van der Waals surface area contributed by atoms with Gasteiger partial charge in [-0.25, -0.2) is 4.98 Å². The Balaban J connectivity index is 1.51. The highest BCUT2D eigenvalue weighted by molar-refractivity contribution is 5.96. The number of imidazole rings is 1. The Kier molecular flexibility index (Phi) is 5.65. The van der Waals surface area contributed by atoms with Gasteiger partial charge in [-0.2, -0.15) is 0 Å². The van der Waals surface area contributed by atoms with Crippen molar-refractivity contribution in [1.82, 2.24) is 14.5 Å². The van der Waals surface area contributed by atoms with E-state index in [2.05, 4.69) is 11.4 Å². The summed E-state index contributed by atoms with van der Waals surface area (Å²) in [5.41, 5.74) is 5.66. The molecule has 2 heterocycles. The largest absolute Gasteiger partial charge is 0.327 e. The van der Waals surface area contributed by atoms with Gasteiger partial charge in [0.1, 0.15) is 11.9 Å². The van der Waals surface area contributed by atoms with Crippen LogP contribution >= 0.6 is 0 Å². The Morgan fingerprint density at radius 3 is 2.38 bits per heavy atom. The molecule has 2 amide bonds. The lowest BCUT2D eigenvalue weighted by Crippen LogP contribution is -2.45. The van der Waals surface area contributed by atoms with Crippen molar-refractivity contribution in [2.24, 2.45) is 0 Å². The average Bonchev–Trinajstić information content (AvgIpc) is 3.19. The fourth-order valence-corrected chi connectivity index (χ4v) is 4.93. The zero-order chi connectivity index (χ0) is 23.8. The second kappa shape index (κ2) is 8.78. The highest BCUT2D eigenvalue weighted by atomic mass is 16.2. The fraction of sp³-hybridized carbons (Fsp3) is 0.250. The number of aromatic nitrogens is 2. The lowest BCUT2D eigenvalue weighted by molar-refractivity contribution is -0.142. The summed E-state index contributed by atoms with van der Waals surface area (Å²) >= 11 is 0. The number of amides is 2. The van der Waals surface area contributed by atoms with Crippen LogP contribution < -0.4 is 5.32 Å². The molecule has 1 aromatic heterocycles. The number of hydrogen-bond acceptors (Lipinski definition) is 3. The van der Waals surface area contributed by atoms with Crippen molar-refractivity contribution in [3.63, 3.8) is 0 Å². The maximum absolute atomic E-state index is 13.8. The van der Waals surface area contributed by atoms with Gasteiger partial charge in [0.25, 0.3) is 0 Å². The molecule has 1 N–H and O–H groups in total. The number of rotatable bonds is 5. The van der Waals surface area contributed by atoms with E-state index in [-0.39, 0.29) is 24.3 Å². The minimum atomic E-state index is -0.659. The number of nitrogens with one attached hydrogen (secondary N) is 1. The number of anilines is 1. The normalized spacial score (nSPS) is 17.6. The van der Waals surface area contributed by atoms with E-state index >= 15 is 0 Å². The van der Waals surface area contributed by atoms with E-state index in [1.807, 2.05) is 97.0 Å². The number of para-hydroxylation sites is 2. The van der Waals surface area contributed by atoms with Gasteiger partial charge >= 0.3 is 0 Å². The number of carbonyl (C=O) groups excluding carboxylic acids is 2. The molecule has 0 radical (unpaired) electrons. The first-order valence-corrected chi connectivity index (χ1v) is 11.6. The molecule has 1 aliphatic heterocycles. The quantitative estimate of drug-likeness (QED) is 0.445. The van der Waals surface area contributed by atoms with Gasteiger partial charge in [0.2, 0.25) is 11.8 Å². The smallest absolute Gasteiger partial charge is 0.247 e. The Morgan fingerprint density at radius 2 is 1.65 bits per heavy atom. The van der Waals surface area contributed by atoms with Crippen LogP contribution in [0.1, 0.15) is 47.9 Å². The molecule has 6 heteroatoms. The van der Waals surface area contributed by atoms with Gasteiger partial charge in [0.15, 0.2) is 0 Å². The first-order chi connectivity index (χ1) is 16.4. The highest BCUT2D eigenvalue weighted by Crippen LogP contribution is 2.37. The van der Waals surface area contributed by atoms with Gasteiger partial charge in [0, 0.05) is 12.2 Å². The van der Waals surface area contributed by atoms with Crippen LogP contribution in [0, 0.1) is 13.8 Å². The molecule has 0 unspecified atom stereocenters. The molecule has 2 atom stereocenters. The number of hydrogen-bond donors (Lipinski definition) is 1. The molecule has 6 nitrogen and oxygen atoms in total. The molecular formula is C28H28N4O2. The third-order valence-corrected chi connectivity index (χ3v) is 6.42. The standard InChI is InChI=1S/C28H28N4O2/c1-18-13-19(2)15-22(14-18)29-26(33)16-25-28(34)31(17-21-9-5-4-6-10-21)20(3)27-30-23-11-7-8-12-24(23)32(25)27/h4-15,20,25H,16-17H2,1-3H3,(H,29,33)/t20-,25-/m0/s1. The monoisotopic (exact) mass is 452 g/mol. The number of benzene rings is 3. The second-order valence-electron chi connectivity index (χ2n) is 9.10. The summed E-state index contributed by atoms with van der Waals surface area (Å²) in [6, 6.07) is 22.8. The van der Waals surface area contributed by atoms with E-state index in [0.717, 1.165) is 39.2 Å². The third-order valence-electron chi connectivity index (χ3n) is 6.42. The predicted octanol–water partition coefficient (Wildman–Crippen LogP) is 5.33. The average molecular weight is 453 g/mol. The van der Waals surface area contributed by atoms with Crippen LogP contribution in [0.5, 0.6) is 0 Å². The molecule has 1 aliphatic rings. The zero-order valence-electron chi connectivity index (χ0n) is 19.7. The summed E-state index contributed by atoms with van der Waals surface area (Å²) in [6.07, 6.45) is 0.0389. The van der Waals surface area contributed by atoms with E-state index in [0.29, 0.717) is 6.54 Å². The van der Waals surface area contributed by atoms with Gasteiger partial charge in [-0.1, -0.05) is 48.5 Å². The maximum Gasteiger partial charge on any atom is 0.247 e. The third kappa shape index (κ3) is 4.07. The molecule has 0 spiro atoms. The van der Waals surface area contributed by atoms with Crippen molar-refractivity contribution >= 4 is 28.5 Å². The molecule has 172 valence electrons. The van der Waals surface area contributed by atoms with E-state index in [1.54, 1.807) is 0 Å². The van der Waals surface area contributed by atoms with Crippen LogP contribution in [0.25, 0.3) is 11.0 Å². The van der Waals surface area contributed by atoms with Gasteiger partial charge in [-0.15, -0.1) is 0 Å². The van der Waals surface area contributed by atoms with Crippen LogP contribution in [0.2, 0.25) is 0 Å². The van der Waals surface area contributed by atoms with Crippen molar-refractivity contribution in [1.29, 1.82) is 0 Å². The zero-order valence-corrected chi connectivity index (χ0v) is 19.7. The van der Waals surface area contributed by atoms with Gasteiger partial charge < -0.3 is 14.8 Å². The summed E-state index contributed by atoms with van der Waals surface area (Å²) in [5, 5.41) is 2.99. The van der Waals surface area contributed by atoms with E-state index in [1.165, 1.54) is 0 Å². The van der Waals surface area contributed by atoms with E-state index in [4.69, 9.17) is 4.98 Å². The summed E-state index contributed by atoms with van der Waals surface area (Å²) < 4.78 is 1.96. The van der Waals surface area contributed by atoms with Crippen molar-refractivity contribution in [3.05, 3.63) is 95.3 Å². The molecular weight excluding hydrogens is 424 g/mol. The molecule has 4 aromatic rings. The van der Waals surface area contributed by atoms with Crippen molar-refractivity contribution in [2.45, 2.75) is 45.8 Å². The Hall–Kier alpha value is -3.93. The van der Waals surface area contributed by atoms with E-state index < -0.39 is 6.04 Å². The summed E-state index contributed by atoms with van der Waals surface area (Å²) in [4.78, 5) is 33.7. The van der Waals surface area contributed by atoms with Crippen LogP contribution in [0.4, 0.5) is 5.69 Å². The van der Waals surface area contributed by atoms with Crippen molar-refractivity contribution in [3.8, 4) is 0 Å².